The fraction of sp³-hybridized carbons (Fsp3) is 0.333. The molecule has 1 saturated heterocycles. The van der Waals surface area contributed by atoms with Crippen molar-refractivity contribution in [2.75, 3.05) is 23.7 Å². The van der Waals surface area contributed by atoms with Crippen molar-refractivity contribution in [1.82, 2.24) is 9.97 Å². The number of aliphatic hydroxyl groups is 1. The first-order valence-electron chi connectivity index (χ1n) is 6.85. The maximum Gasteiger partial charge on any atom is 0.163 e. The van der Waals surface area contributed by atoms with Crippen molar-refractivity contribution < 1.29 is 5.11 Å². The van der Waals surface area contributed by atoms with Crippen LogP contribution in [0.2, 0.25) is 0 Å². The Kier molecular flexibility index (Phi) is 3.52. The summed E-state index contributed by atoms with van der Waals surface area (Å²) in [5, 5.41) is 9.58. The Morgan fingerprint density at radius 3 is 2.50 bits per heavy atom. The molecule has 1 aliphatic heterocycles. The molecule has 1 aromatic carbocycles. The summed E-state index contributed by atoms with van der Waals surface area (Å²) in [7, 11) is 0. The van der Waals surface area contributed by atoms with Crippen LogP contribution in [0.1, 0.15) is 12.8 Å². The lowest BCUT2D eigenvalue weighted by Gasteiger charge is -2.30. The fourth-order valence-corrected chi connectivity index (χ4v) is 2.43. The van der Waals surface area contributed by atoms with Crippen molar-refractivity contribution in [3.8, 4) is 11.4 Å². The average Bonchev–Trinajstić information content (AvgIpc) is 2.48. The van der Waals surface area contributed by atoms with Crippen LogP contribution < -0.4 is 10.6 Å². The number of hydrogen-bond acceptors (Lipinski definition) is 5. The van der Waals surface area contributed by atoms with Crippen LogP contribution in [0.5, 0.6) is 0 Å². The molecule has 0 radical (unpaired) electrons. The Morgan fingerprint density at radius 1 is 1.10 bits per heavy atom. The highest BCUT2D eigenvalue weighted by Gasteiger charge is 2.19. The second-order valence-corrected chi connectivity index (χ2v) is 5.06. The van der Waals surface area contributed by atoms with Crippen LogP contribution in [0.25, 0.3) is 11.4 Å². The van der Waals surface area contributed by atoms with E-state index in [4.69, 9.17) is 5.73 Å². The van der Waals surface area contributed by atoms with Gasteiger partial charge < -0.3 is 15.7 Å². The van der Waals surface area contributed by atoms with Gasteiger partial charge in [0.15, 0.2) is 5.82 Å². The lowest BCUT2D eigenvalue weighted by Crippen LogP contribution is -2.36. The highest BCUT2D eigenvalue weighted by Crippen LogP contribution is 2.23. The number of nitrogens with zero attached hydrogens (tertiary/aromatic N) is 3. The van der Waals surface area contributed by atoms with E-state index in [9.17, 15) is 5.11 Å². The van der Waals surface area contributed by atoms with Gasteiger partial charge in [-0.15, -0.1) is 0 Å². The first kappa shape index (κ1) is 12.9. The molecule has 0 saturated carbocycles. The van der Waals surface area contributed by atoms with Crippen molar-refractivity contribution >= 4 is 11.6 Å². The Bertz CT molecular complexity index is 580. The molecule has 3 rings (SSSR count). The monoisotopic (exact) mass is 270 g/mol. The van der Waals surface area contributed by atoms with Gasteiger partial charge in [0.05, 0.1) is 6.10 Å². The Balaban J connectivity index is 1.91. The van der Waals surface area contributed by atoms with Gasteiger partial charge in [0.25, 0.3) is 0 Å². The molecule has 3 N–H and O–H groups in total. The molecular weight excluding hydrogens is 252 g/mol. The van der Waals surface area contributed by atoms with Gasteiger partial charge in [-0.3, -0.25) is 0 Å². The molecule has 1 fully saturated rings. The number of aromatic nitrogens is 2. The van der Waals surface area contributed by atoms with Crippen LogP contribution >= 0.6 is 0 Å². The summed E-state index contributed by atoms with van der Waals surface area (Å²) in [5.74, 6) is 1.95. The lowest BCUT2D eigenvalue weighted by molar-refractivity contribution is 0.145. The second-order valence-electron chi connectivity index (χ2n) is 5.06. The maximum atomic E-state index is 9.58. The van der Waals surface area contributed by atoms with Crippen LogP contribution in [-0.4, -0.2) is 34.3 Å². The quantitative estimate of drug-likeness (QED) is 0.868. The van der Waals surface area contributed by atoms with Crippen LogP contribution in [0.4, 0.5) is 11.6 Å². The number of rotatable bonds is 2. The van der Waals surface area contributed by atoms with Crippen molar-refractivity contribution in [2.45, 2.75) is 18.9 Å². The van der Waals surface area contributed by atoms with E-state index in [1.807, 2.05) is 30.3 Å². The third kappa shape index (κ3) is 2.72. The molecule has 0 aliphatic carbocycles. The predicted octanol–water partition coefficient (Wildman–Crippen LogP) is 1.69. The van der Waals surface area contributed by atoms with E-state index in [1.54, 1.807) is 6.07 Å². The van der Waals surface area contributed by atoms with E-state index >= 15 is 0 Å². The van der Waals surface area contributed by atoms with Gasteiger partial charge in [-0.25, -0.2) is 9.97 Å². The third-order valence-electron chi connectivity index (χ3n) is 3.55. The second kappa shape index (κ2) is 5.46. The van der Waals surface area contributed by atoms with Crippen LogP contribution in [0.3, 0.4) is 0 Å². The first-order valence-corrected chi connectivity index (χ1v) is 6.85. The highest BCUT2D eigenvalue weighted by molar-refractivity contribution is 5.60. The van der Waals surface area contributed by atoms with Gasteiger partial charge in [-0.2, -0.15) is 0 Å². The molecule has 5 heteroatoms. The molecule has 0 bridgehead atoms. The minimum Gasteiger partial charge on any atom is -0.393 e. The van der Waals surface area contributed by atoms with Crippen LogP contribution in [0.15, 0.2) is 36.4 Å². The summed E-state index contributed by atoms with van der Waals surface area (Å²) in [6, 6.07) is 11.6. The molecule has 0 atom stereocenters. The number of nitrogen functional groups attached to an aromatic ring is 1. The topological polar surface area (TPSA) is 75.3 Å². The first-order chi connectivity index (χ1) is 9.72. The van der Waals surface area contributed by atoms with Gasteiger partial charge >= 0.3 is 0 Å². The van der Waals surface area contributed by atoms with E-state index in [2.05, 4.69) is 14.9 Å². The van der Waals surface area contributed by atoms with E-state index in [1.165, 1.54) is 0 Å². The van der Waals surface area contributed by atoms with Crippen molar-refractivity contribution in [2.24, 2.45) is 0 Å². The molecule has 5 nitrogen and oxygen atoms in total. The molecule has 0 unspecified atom stereocenters. The van der Waals surface area contributed by atoms with Crippen LogP contribution in [0, 0.1) is 0 Å². The molecule has 0 spiro atoms. The van der Waals surface area contributed by atoms with E-state index in [0.717, 1.165) is 37.3 Å². The summed E-state index contributed by atoms with van der Waals surface area (Å²) in [6.45, 7) is 1.59. The minimum atomic E-state index is -0.195. The highest BCUT2D eigenvalue weighted by atomic mass is 16.3. The number of aliphatic hydroxyl groups excluding tert-OH is 1. The summed E-state index contributed by atoms with van der Waals surface area (Å²) >= 11 is 0. The minimum absolute atomic E-state index is 0.195. The number of anilines is 2. The summed E-state index contributed by atoms with van der Waals surface area (Å²) in [6.07, 6.45) is 1.34. The average molecular weight is 270 g/mol. The predicted molar refractivity (Wildman–Crippen MR) is 79.3 cm³/mol. The van der Waals surface area contributed by atoms with Gasteiger partial charge in [0.1, 0.15) is 11.6 Å². The number of benzene rings is 1. The molecule has 2 aromatic rings. The van der Waals surface area contributed by atoms with Crippen molar-refractivity contribution in [1.29, 1.82) is 0 Å². The lowest BCUT2D eigenvalue weighted by atomic mass is 10.1. The molecular formula is C15H18N4O. The Labute approximate surface area is 118 Å². The van der Waals surface area contributed by atoms with Gasteiger partial charge in [-0.05, 0) is 12.8 Å². The number of hydrogen-bond donors (Lipinski definition) is 2. The van der Waals surface area contributed by atoms with Crippen molar-refractivity contribution in [3.05, 3.63) is 36.4 Å². The Hall–Kier alpha value is -2.14. The standard InChI is InChI=1S/C15H18N4O/c16-13-10-14(19-8-6-12(20)7-9-19)18-15(17-13)11-4-2-1-3-5-11/h1-5,10,12,20H,6-9H2,(H2,16,17,18). The molecule has 20 heavy (non-hydrogen) atoms. The van der Waals surface area contributed by atoms with Crippen LogP contribution in [-0.2, 0) is 0 Å². The largest absolute Gasteiger partial charge is 0.393 e. The smallest absolute Gasteiger partial charge is 0.163 e. The maximum absolute atomic E-state index is 9.58. The normalized spacial score (nSPS) is 16.4. The summed E-state index contributed by atoms with van der Waals surface area (Å²) in [4.78, 5) is 11.1. The van der Waals surface area contributed by atoms with Gasteiger partial charge in [0.2, 0.25) is 0 Å². The van der Waals surface area contributed by atoms with E-state index < -0.39 is 0 Å². The molecule has 1 aliphatic rings. The third-order valence-corrected chi connectivity index (χ3v) is 3.55. The van der Waals surface area contributed by atoms with Gasteiger partial charge in [0, 0.05) is 24.7 Å². The zero-order valence-corrected chi connectivity index (χ0v) is 11.2. The fourth-order valence-electron chi connectivity index (χ4n) is 2.43. The zero-order valence-electron chi connectivity index (χ0n) is 11.2. The molecule has 0 amide bonds. The molecule has 1 aromatic heterocycles. The molecule has 104 valence electrons. The Morgan fingerprint density at radius 2 is 1.80 bits per heavy atom. The number of piperidine rings is 1. The van der Waals surface area contributed by atoms with Gasteiger partial charge in [-0.1, -0.05) is 30.3 Å². The zero-order chi connectivity index (χ0) is 13.9. The number of nitrogens with two attached hydrogens (primary N) is 1. The van der Waals surface area contributed by atoms with E-state index in [-0.39, 0.29) is 6.10 Å². The van der Waals surface area contributed by atoms with Crippen molar-refractivity contribution in [3.63, 3.8) is 0 Å². The molecule has 2 heterocycles. The summed E-state index contributed by atoms with van der Waals surface area (Å²) < 4.78 is 0. The van der Waals surface area contributed by atoms with E-state index in [0.29, 0.717) is 11.6 Å². The summed E-state index contributed by atoms with van der Waals surface area (Å²) in [5.41, 5.74) is 6.86. The SMILES string of the molecule is Nc1cc(N2CCC(O)CC2)nc(-c2ccccc2)n1.